The summed E-state index contributed by atoms with van der Waals surface area (Å²) < 4.78 is 0. The number of amides is 1. The second-order valence-corrected chi connectivity index (χ2v) is 6.82. The SMILES string of the molecule is CCCC(=O)N1CCN(Cc2cc(Cl)cc([N+](=O)[O-])c2C)C[C@@H]1C. The molecule has 0 spiro atoms. The van der Waals surface area contributed by atoms with Crippen LogP contribution in [0.5, 0.6) is 0 Å². The highest BCUT2D eigenvalue weighted by molar-refractivity contribution is 6.30. The van der Waals surface area contributed by atoms with E-state index in [-0.39, 0.29) is 17.6 Å². The van der Waals surface area contributed by atoms with Crippen LogP contribution in [-0.4, -0.2) is 46.3 Å². The number of piperazine rings is 1. The van der Waals surface area contributed by atoms with Gasteiger partial charge in [0.15, 0.2) is 0 Å². The van der Waals surface area contributed by atoms with Crippen LogP contribution in [0.2, 0.25) is 5.02 Å². The number of nitrogens with zero attached hydrogens (tertiary/aromatic N) is 3. The van der Waals surface area contributed by atoms with Crippen molar-refractivity contribution in [3.8, 4) is 0 Å². The topological polar surface area (TPSA) is 66.7 Å². The maximum absolute atomic E-state index is 12.1. The monoisotopic (exact) mass is 353 g/mol. The zero-order chi connectivity index (χ0) is 17.9. The van der Waals surface area contributed by atoms with Crippen molar-refractivity contribution >= 4 is 23.2 Å². The van der Waals surface area contributed by atoms with E-state index in [1.165, 1.54) is 6.07 Å². The lowest BCUT2D eigenvalue weighted by Gasteiger charge is -2.40. The summed E-state index contributed by atoms with van der Waals surface area (Å²) in [4.78, 5) is 27.0. The van der Waals surface area contributed by atoms with E-state index in [9.17, 15) is 14.9 Å². The van der Waals surface area contributed by atoms with Gasteiger partial charge in [0.25, 0.3) is 5.69 Å². The molecular weight excluding hydrogens is 330 g/mol. The second kappa shape index (κ2) is 7.94. The fraction of sp³-hybridized carbons (Fsp3) is 0.588. The Morgan fingerprint density at radius 3 is 2.71 bits per heavy atom. The Bertz CT molecular complexity index is 636. The van der Waals surface area contributed by atoms with E-state index in [4.69, 9.17) is 11.6 Å². The smallest absolute Gasteiger partial charge is 0.274 e. The first-order valence-corrected chi connectivity index (χ1v) is 8.66. The van der Waals surface area contributed by atoms with Gasteiger partial charge in [0.05, 0.1) is 4.92 Å². The van der Waals surface area contributed by atoms with Crippen molar-refractivity contribution in [2.24, 2.45) is 0 Å². The van der Waals surface area contributed by atoms with Crippen molar-refractivity contribution in [1.29, 1.82) is 0 Å². The maximum Gasteiger partial charge on any atom is 0.274 e. The van der Waals surface area contributed by atoms with Gasteiger partial charge in [-0.2, -0.15) is 0 Å². The fourth-order valence-corrected chi connectivity index (χ4v) is 3.45. The zero-order valence-corrected chi connectivity index (χ0v) is 15.2. The lowest BCUT2D eigenvalue weighted by molar-refractivity contribution is -0.385. The molecule has 0 aliphatic carbocycles. The Kier molecular flexibility index (Phi) is 6.18. The minimum atomic E-state index is -0.394. The van der Waals surface area contributed by atoms with E-state index in [0.29, 0.717) is 30.1 Å². The molecule has 1 amide bonds. The highest BCUT2D eigenvalue weighted by Gasteiger charge is 2.27. The van der Waals surface area contributed by atoms with Crippen molar-refractivity contribution in [3.63, 3.8) is 0 Å². The molecule has 1 aliphatic heterocycles. The van der Waals surface area contributed by atoms with E-state index >= 15 is 0 Å². The van der Waals surface area contributed by atoms with Crippen LogP contribution in [0, 0.1) is 17.0 Å². The Balaban J connectivity index is 2.08. The predicted octanol–water partition coefficient (Wildman–Crippen LogP) is 3.39. The summed E-state index contributed by atoms with van der Waals surface area (Å²) in [6, 6.07) is 3.33. The van der Waals surface area contributed by atoms with Gasteiger partial charge in [-0.05, 0) is 31.9 Å². The number of carbonyl (C=O) groups excluding carboxylic acids is 1. The van der Waals surface area contributed by atoms with Crippen LogP contribution in [-0.2, 0) is 11.3 Å². The molecule has 1 saturated heterocycles. The summed E-state index contributed by atoms with van der Waals surface area (Å²) in [7, 11) is 0. The van der Waals surface area contributed by atoms with Crippen molar-refractivity contribution < 1.29 is 9.72 Å². The molecule has 7 heteroatoms. The summed E-state index contributed by atoms with van der Waals surface area (Å²) in [5.74, 6) is 0.208. The van der Waals surface area contributed by atoms with E-state index in [2.05, 4.69) is 4.90 Å². The summed E-state index contributed by atoms with van der Waals surface area (Å²) in [6.07, 6.45) is 1.45. The number of nitro benzene ring substituents is 1. The van der Waals surface area contributed by atoms with Crippen LogP contribution in [0.25, 0.3) is 0 Å². The quantitative estimate of drug-likeness (QED) is 0.601. The molecule has 1 fully saturated rings. The lowest BCUT2D eigenvalue weighted by Crippen LogP contribution is -2.53. The van der Waals surface area contributed by atoms with E-state index < -0.39 is 4.92 Å². The third kappa shape index (κ3) is 4.24. The molecule has 0 aromatic heterocycles. The normalized spacial score (nSPS) is 18.7. The number of nitro groups is 1. The van der Waals surface area contributed by atoms with E-state index in [0.717, 1.165) is 25.1 Å². The molecule has 0 saturated carbocycles. The first-order chi connectivity index (χ1) is 11.3. The number of rotatable bonds is 5. The van der Waals surface area contributed by atoms with E-state index in [1.807, 2.05) is 18.7 Å². The first-order valence-electron chi connectivity index (χ1n) is 8.28. The van der Waals surface area contributed by atoms with Gasteiger partial charge in [0.2, 0.25) is 5.91 Å². The molecule has 2 rings (SSSR count). The first kappa shape index (κ1) is 18.7. The molecule has 0 unspecified atom stereocenters. The number of halogens is 1. The van der Waals surface area contributed by atoms with Crippen molar-refractivity contribution in [2.75, 3.05) is 19.6 Å². The van der Waals surface area contributed by atoms with Crippen molar-refractivity contribution in [3.05, 3.63) is 38.4 Å². The van der Waals surface area contributed by atoms with Crippen molar-refractivity contribution in [1.82, 2.24) is 9.80 Å². The summed E-state index contributed by atoms with van der Waals surface area (Å²) in [6.45, 7) is 8.64. The molecule has 1 heterocycles. The van der Waals surface area contributed by atoms with Gasteiger partial charge in [-0.1, -0.05) is 18.5 Å². The van der Waals surface area contributed by atoms with Gasteiger partial charge < -0.3 is 4.90 Å². The standard InChI is InChI=1S/C17H24ClN3O3/c1-4-5-17(22)20-7-6-19(10-12(20)2)11-14-8-15(18)9-16(13(14)3)21(23)24/h8-9,12H,4-7,10-11H2,1-3H3/t12-/m0/s1. The minimum Gasteiger partial charge on any atom is -0.337 e. The number of carbonyl (C=O) groups is 1. The van der Waals surface area contributed by atoms with Crippen LogP contribution in [0.1, 0.15) is 37.8 Å². The van der Waals surface area contributed by atoms with Crippen molar-refractivity contribution in [2.45, 2.75) is 46.2 Å². The highest BCUT2D eigenvalue weighted by atomic mass is 35.5. The Hall–Kier alpha value is -1.66. The molecule has 0 radical (unpaired) electrons. The average molecular weight is 354 g/mol. The van der Waals surface area contributed by atoms with Gasteiger partial charge in [0, 0.05) is 55.3 Å². The Labute approximate surface area is 147 Å². The largest absolute Gasteiger partial charge is 0.337 e. The number of hydrogen-bond acceptors (Lipinski definition) is 4. The van der Waals surface area contributed by atoms with Gasteiger partial charge in [-0.25, -0.2) is 0 Å². The zero-order valence-electron chi connectivity index (χ0n) is 14.4. The molecule has 1 aliphatic rings. The summed E-state index contributed by atoms with van der Waals surface area (Å²) in [5, 5.41) is 11.5. The molecular formula is C17H24ClN3O3. The van der Waals surface area contributed by atoms with Crippen LogP contribution < -0.4 is 0 Å². The van der Waals surface area contributed by atoms with Crippen LogP contribution in [0.15, 0.2) is 12.1 Å². The summed E-state index contributed by atoms with van der Waals surface area (Å²) in [5.41, 5.74) is 1.58. The molecule has 24 heavy (non-hydrogen) atoms. The van der Waals surface area contributed by atoms with Crippen LogP contribution in [0.3, 0.4) is 0 Å². The molecule has 1 aromatic rings. The maximum atomic E-state index is 12.1. The number of benzene rings is 1. The van der Waals surface area contributed by atoms with Gasteiger partial charge in [0.1, 0.15) is 0 Å². The van der Waals surface area contributed by atoms with Gasteiger partial charge >= 0.3 is 0 Å². The van der Waals surface area contributed by atoms with Gasteiger partial charge in [-0.15, -0.1) is 0 Å². The fourth-order valence-electron chi connectivity index (χ4n) is 3.22. The lowest BCUT2D eigenvalue weighted by atomic mass is 10.0. The van der Waals surface area contributed by atoms with Gasteiger partial charge in [-0.3, -0.25) is 19.8 Å². The third-order valence-electron chi connectivity index (χ3n) is 4.54. The second-order valence-electron chi connectivity index (χ2n) is 6.39. The predicted molar refractivity (Wildman–Crippen MR) is 94.2 cm³/mol. The van der Waals surface area contributed by atoms with Crippen LogP contribution in [0.4, 0.5) is 5.69 Å². The Morgan fingerprint density at radius 2 is 2.12 bits per heavy atom. The van der Waals surface area contributed by atoms with Crippen LogP contribution >= 0.6 is 11.6 Å². The third-order valence-corrected chi connectivity index (χ3v) is 4.76. The summed E-state index contributed by atoms with van der Waals surface area (Å²) >= 11 is 6.04. The molecule has 0 N–H and O–H groups in total. The minimum absolute atomic E-state index is 0.0577. The molecule has 1 aromatic carbocycles. The molecule has 0 bridgehead atoms. The van der Waals surface area contributed by atoms with E-state index in [1.54, 1.807) is 13.0 Å². The number of hydrogen-bond donors (Lipinski definition) is 0. The molecule has 132 valence electrons. The highest BCUT2D eigenvalue weighted by Crippen LogP contribution is 2.28. The molecule has 6 nitrogen and oxygen atoms in total. The molecule has 1 atom stereocenters. The Morgan fingerprint density at radius 1 is 1.42 bits per heavy atom. The average Bonchev–Trinajstić information content (AvgIpc) is 2.50.